The number of nitrogens with one attached hydrogen (secondary N) is 3. The Bertz CT molecular complexity index is 2060. The molecule has 0 saturated heterocycles. The molecule has 3 N–H and O–H groups in total. The number of benzene rings is 4. The van der Waals surface area contributed by atoms with Crippen molar-refractivity contribution in [1.29, 1.82) is 0 Å². The summed E-state index contributed by atoms with van der Waals surface area (Å²) in [6.07, 6.45) is 1.45. The zero-order valence-corrected chi connectivity index (χ0v) is 30.1. The fraction of sp³-hybridized carbons (Fsp3) is 0.105. The van der Waals surface area contributed by atoms with Gasteiger partial charge in [0, 0.05) is 27.1 Å². The van der Waals surface area contributed by atoms with Gasteiger partial charge in [0.1, 0.15) is 16.3 Å². The summed E-state index contributed by atoms with van der Waals surface area (Å²) in [6, 6.07) is 28.2. The number of ether oxygens (including phenoxy) is 1. The topological polar surface area (TPSA) is 114 Å². The minimum absolute atomic E-state index is 0.0307. The van der Waals surface area contributed by atoms with Crippen molar-refractivity contribution in [3.63, 3.8) is 0 Å². The summed E-state index contributed by atoms with van der Waals surface area (Å²) >= 11 is 15.1. The van der Waals surface area contributed by atoms with Crippen molar-refractivity contribution in [3.05, 3.63) is 140 Å². The second-order valence-electron chi connectivity index (χ2n) is 10.8. The number of thiophene rings is 1. The van der Waals surface area contributed by atoms with Gasteiger partial charge in [-0.15, -0.1) is 23.1 Å². The number of carbonyl (C=O) groups is 4. The lowest BCUT2D eigenvalue weighted by atomic mass is 10.0. The number of amides is 3. The highest BCUT2D eigenvalue weighted by atomic mass is 35.5. The maximum Gasteiger partial charge on any atom is 0.341 e. The molecule has 0 bridgehead atoms. The summed E-state index contributed by atoms with van der Waals surface area (Å²) in [6.45, 7) is 3.91. The van der Waals surface area contributed by atoms with Gasteiger partial charge in [0.05, 0.1) is 22.4 Å². The summed E-state index contributed by atoms with van der Waals surface area (Å²) in [5.41, 5.74) is 4.11. The number of halogens is 2. The smallest absolute Gasteiger partial charge is 0.341 e. The Morgan fingerprint density at radius 3 is 2.36 bits per heavy atom. The van der Waals surface area contributed by atoms with Gasteiger partial charge in [0.15, 0.2) is 0 Å². The summed E-state index contributed by atoms with van der Waals surface area (Å²) in [7, 11) is 0. The Balaban J connectivity index is 1.29. The first-order chi connectivity index (χ1) is 24.1. The van der Waals surface area contributed by atoms with E-state index in [1.807, 2.05) is 36.6 Å². The van der Waals surface area contributed by atoms with Gasteiger partial charge in [-0.3, -0.25) is 14.4 Å². The number of anilines is 2. The Hall–Kier alpha value is -4.87. The average Bonchev–Trinajstić information content (AvgIpc) is 3.53. The van der Waals surface area contributed by atoms with E-state index in [1.165, 1.54) is 29.2 Å². The van der Waals surface area contributed by atoms with Gasteiger partial charge in [-0.1, -0.05) is 89.4 Å². The second kappa shape index (κ2) is 17.2. The first kappa shape index (κ1) is 36.4. The molecular weight excluding hydrogens is 713 g/mol. The molecule has 0 radical (unpaired) electrons. The molecule has 254 valence electrons. The second-order valence-corrected chi connectivity index (χ2v) is 13.5. The number of hydrogen-bond donors (Lipinski definition) is 3. The Morgan fingerprint density at radius 2 is 1.62 bits per heavy atom. The standard InChI is InChI=1S/C38H31Cl2N3O5S2/c1-3-48-38(47)33-29(24-17-15-23(2)16-18-24)21-50-37(33)43-32(44)22-49-28-13-8-12-27(20-28)41-36(46)31(19-26-11-7-14-30(39)34(26)40)42-35(45)25-9-5-4-6-10-25/h4-21H,3,22H2,1-2H3,(H,41,46)(H,42,45)(H,43,44)/b31-19+. The zero-order valence-electron chi connectivity index (χ0n) is 26.9. The van der Waals surface area contributed by atoms with Crippen LogP contribution in [0.3, 0.4) is 0 Å². The zero-order chi connectivity index (χ0) is 35.6. The minimum atomic E-state index is -0.598. The third kappa shape index (κ3) is 9.42. The Morgan fingerprint density at radius 1 is 0.880 bits per heavy atom. The molecule has 0 spiro atoms. The van der Waals surface area contributed by atoms with E-state index in [4.69, 9.17) is 27.9 Å². The number of thioether (sulfide) groups is 1. The van der Waals surface area contributed by atoms with Crippen molar-refractivity contribution in [2.45, 2.75) is 18.7 Å². The van der Waals surface area contributed by atoms with Crippen LogP contribution in [0.1, 0.15) is 38.8 Å². The van der Waals surface area contributed by atoms with Crippen LogP contribution in [0.5, 0.6) is 0 Å². The number of esters is 1. The van der Waals surface area contributed by atoms with Crippen molar-refractivity contribution < 1.29 is 23.9 Å². The molecule has 12 heteroatoms. The lowest BCUT2D eigenvalue weighted by Crippen LogP contribution is -2.30. The summed E-state index contributed by atoms with van der Waals surface area (Å²) in [5.74, 6) is -1.88. The van der Waals surface area contributed by atoms with E-state index < -0.39 is 17.8 Å². The maximum atomic E-state index is 13.5. The van der Waals surface area contributed by atoms with Crippen molar-refractivity contribution in [1.82, 2.24) is 5.32 Å². The van der Waals surface area contributed by atoms with E-state index in [1.54, 1.807) is 79.7 Å². The molecule has 1 heterocycles. The van der Waals surface area contributed by atoms with E-state index in [0.717, 1.165) is 11.1 Å². The molecule has 5 rings (SSSR count). The van der Waals surface area contributed by atoms with Crippen molar-refractivity contribution in [3.8, 4) is 11.1 Å². The van der Waals surface area contributed by atoms with Crippen LogP contribution in [0.15, 0.2) is 113 Å². The number of aryl methyl sites for hydroxylation is 1. The summed E-state index contributed by atoms with van der Waals surface area (Å²) < 4.78 is 5.31. The molecule has 5 aromatic rings. The normalized spacial score (nSPS) is 11.1. The fourth-order valence-electron chi connectivity index (χ4n) is 4.70. The average molecular weight is 745 g/mol. The van der Waals surface area contributed by atoms with Crippen LogP contribution in [-0.4, -0.2) is 36.1 Å². The van der Waals surface area contributed by atoms with Gasteiger partial charge < -0.3 is 20.7 Å². The van der Waals surface area contributed by atoms with Crippen LogP contribution in [-0.2, 0) is 14.3 Å². The number of carbonyl (C=O) groups excluding carboxylic acids is 4. The molecule has 0 fully saturated rings. The van der Waals surface area contributed by atoms with E-state index in [0.29, 0.717) is 42.9 Å². The van der Waals surface area contributed by atoms with E-state index in [-0.39, 0.29) is 29.0 Å². The quantitative estimate of drug-likeness (QED) is 0.0667. The number of hydrogen-bond acceptors (Lipinski definition) is 7. The van der Waals surface area contributed by atoms with Gasteiger partial charge in [0.25, 0.3) is 11.8 Å². The predicted octanol–water partition coefficient (Wildman–Crippen LogP) is 9.35. The van der Waals surface area contributed by atoms with Crippen LogP contribution in [0.25, 0.3) is 17.2 Å². The SMILES string of the molecule is CCOC(=O)c1c(-c2ccc(C)cc2)csc1NC(=O)CSc1cccc(NC(=O)/C(=C\c2cccc(Cl)c2Cl)NC(=O)c2ccccc2)c1. The highest BCUT2D eigenvalue weighted by Gasteiger charge is 2.23. The third-order valence-corrected chi connectivity index (χ3v) is 9.88. The van der Waals surface area contributed by atoms with Gasteiger partial charge >= 0.3 is 5.97 Å². The highest BCUT2D eigenvalue weighted by molar-refractivity contribution is 8.00. The van der Waals surface area contributed by atoms with Gasteiger partial charge in [-0.2, -0.15) is 0 Å². The van der Waals surface area contributed by atoms with Gasteiger partial charge in [0.2, 0.25) is 5.91 Å². The van der Waals surface area contributed by atoms with Crippen LogP contribution in [0, 0.1) is 6.92 Å². The molecule has 8 nitrogen and oxygen atoms in total. The summed E-state index contributed by atoms with van der Waals surface area (Å²) in [4.78, 5) is 53.3. The molecule has 4 aromatic carbocycles. The monoisotopic (exact) mass is 743 g/mol. The van der Waals surface area contributed by atoms with Crippen molar-refractivity contribution >= 4 is 86.8 Å². The van der Waals surface area contributed by atoms with Crippen molar-refractivity contribution in [2.75, 3.05) is 23.0 Å². The van der Waals surface area contributed by atoms with Gasteiger partial charge in [-0.05, 0) is 67.4 Å². The molecule has 0 aliphatic rings. The molecule has 0 aliphatic carbocycles. The predicted molar refractivity (Wildman–Crippen MR) is 203 cm³/mol. The largest absolute Gasteiger partial charge is 0.462 e. The van der Waals surface area contributed by atoms with Crippen LogP contribution >= 0.6 is 46.3 Å². The Kier molecular flexibility index (Phi) is 12.5. The molecule has 0 atom stereocenters. The van der Waals surface area contributed by atoms with Gasteiger partial charge in [-0.25, -0.2) is 4.79 Å². The molecule has 3 amide bonds. The van der Waals surface area contributed by atoms with Crippen LogP contribution in [0.4, 0.5) is 10.7 Å². The van der Waals surface area contributed by atoms with Crippen molar-refractivity contribution in [2.24, 2.45) is 0 Å². The first-order valence-corrected chi connectivity index (χ1v) is 18.0. The van der Waals surface area contributed by atoms with E-state index in [2.05, 4.69) is 16.0 Å². The first-order valence-electron chi connectivity index (χ1n) is 15.3. The van der Waals surface area contributed by atoms with E-state index in [9.17, 15) is 19.2 Å². The van der Waals surface area contributed by atoms with Crippen LogP contribution in [0.2, 0.25) is 10.0 Å². The summed E-state index contributed by atoms with van der Waals surface area (Å²) in [5, 5.41) is 11.1. The molecule has 1 aromatic heterocycles. The highest BCUT2D eigenvalue weighted by Crippen LogP contribution is 2.37. The molecule has 50 heavy (non-hydrogen) atoms. The Labute approximate surface area is 307 Å². The minimum Gasteiger partial charge on any atom is -0.462 e. The lowest BCUT2D eigenvalue weighted by molar-refractivity contribution is -0.114. The molecule has 0 saturated carbocycles. The maximum absolute atomic E-state index is 13.5. The third-order valence-electron chi connectivity index (χ3n) is 7.16. The van der Waals surface area contributed by atoms with E-state index >= 15 is 0 Å². The lowest BCUT2D eigenvalue weighted by Gasteiger charge is -2.13. The molecule has 0 unspecified atom stereocenters. The molecule has 0 aliphatic heterocycles. The molecular formula is C38H31Cl2N3O5S2. The van der Waals surface area contributed by atoms with Crippen LogP contribution < -0.4 is 16.0 Å². The number of rotatable bonds is 12. The fourth-order valence-corrected chi connectivity index (χ4v) is 6.80.